The number of nitrogens with two attached hydrogens (primary N) is 1. The second kappa shape index (κ2) is 5.78. The van der Waals surface area contributed by atoms with Crippen LogP contribution in [0.15, 0.2) is 18.2 Å². The SMILES string of the molecule is CCCSC1CCc2cc(OC)ccc2C1N. The number of methoxy groups -OCH3 is 1. The molecular formula is C14H21NOS. The van der Waals surface area contributed by atoms with Gasteiger partial charge in [-0.1, -0.05) is 13.0 Å². The number of hydrogen-bond donors (Lipinski definition) is 1. The quantitative estimate of drug-likeness (QED) is 0.893. The molecule has 0 spiro atoms. The molecule has 0 fully saturated rings. The average Bonchev–Trinajstić information content (AvgIpc) is 2.37. The van der Waals surface area contributed by atoms with Crippen LogP contribution in [0.4, 0.5) is 0 Å². The van der Waals surface area contributed by atoms with Crippen LogP contribution in [0.5, 0.6) is 5.75 Å². The summed E-state index contributed by atoms with van der Waals surface area (Å²) >= 11 is 2.02. The first-order chi connectivity index (χ1) is 8.26. The summed E-state index contributed by atoms with van der Waals surface area (Å²) in [5.41, 5.74) is 9.04. The smallest absolute Gasteiger partial charge is 0.119 e. The Morgan fingerprint density at radius 3 is 3.00 bits per heavy atom. The van der Waals surface area contributed by atoms with Gasteiger partial charge in [-0.2, -0.15) is 11.8 Å². The summed E-state index contributed by atoms with van der Waals surface area (Å²) in [6, 6.07) is 6.47. The van der Waals surface area contributed by atoms with Gasteiger partial charge >= 0.3 is 0 Å². The van der Waals surface area contributed by atoms with Gasteiger partial charge in [0.2, 0.25) is 0 Å². The van der Waals surface area contributed by atoms with Crippen LogP contribution in [0, 0.1) is 0 Å². The minimum absolute atomic E-state index is 0.182. The zero-order valence-electron chi connectivity index (χ0n) is 10.6. The third-order valence-corrected chi connectivity index (χ3v) is 4.95. The van der Waals surface area contributed by atoms with Crippen molar-refractivity contribution < 1.29 is 4.74 Å². The van der Waals surface area contributed by atoms with E-state index in [9.17, 15) is 0 Å². The summed E-state index contributed by atoms with van der Waals surface area (Å²) in [5.74, 6) is 2.15. The van der Waals surface area contributed by atoms with Gasteiger partial charge in [0, 0.05) is 11.3 Å². The molecule has 0 aliphatic heterocycles. The van der Waals surface area contributed by atoms with E-state index in [-0.39, 0.29) is 6.04 Å². The van der Waals surface area contributed by atoms with Crippen molar-refractivity contribution in [2.24, 2.45) is 5.73 Å². The fourth-order valence-electron chi connectivity index (χ4n) is 2.38. The largest absolute Gasteiger partial charge is 0.497 e. The molecule has 2 nitrogen and oxygen atoms in total. The van der Waals surface area contributed by atoms with Crippen LogP contribution < -0.4 is 10.5 Å². The van der Waals surface area contributed by atoms with Crippen LogP contribution in [0.25, 0.3) is 0 Å². The molecule has 0 saturated carbocycles. The van der Waals surface area contributed by atoms with Crippen molar-refractivity contribution in [1.29, 1.82) is 0 Å². The van der Waals surface area contributed by atoms with Crippen LogP contribution in [-0.4, -0.2) is 18.1 Å². The Morgan fingerprint density at radius 2 is 2.29 bits per heavy atom. The van der Waals surface area contributed by atoms with Gasteiger partial charge < -0.3 is 10.5 Å². The van der Waals surface area contributed by atoms with Crippen molar-refractivity contribution in [3.8, 4) is 5.75 Å². The Kier molecular flexibility index (Phi) is 4.35. The summed E-state index contributed by atoms with van der Waals surface area (Å²) in [6.45, 7) is 2.22. The standard InChI is InChI=1S/C14H21NOS/c1-3-8-17-13-7-4-10-9-11(16-2)5-6-12(10)14(13)15/h5-6,9,13-14H,3-4,7-8,15H2,1-2H3. The summed E-state index contributed by atoms with van der Waals surface area (Å²) in [7, 11) is 1.71. The van der Waals surface area contributed by atoms with Gasteiger partial charge in [-0.25, -0.2) is 0 Å². The Bertz CT molecular complexity index is 380. The zero-order chi connectivity index (χ0) is 12.3. The van der Waals surface area contributed by atoms with Gasteiger partial charge in [0.15, 0.2) is 0 Å². The molecule has 3 heteroatoms. The molecule has 0 heterocycles. The molecule has 0 saturated heterocycles. The van der Waals surface area contributed by atoms with Gasteiger partial charge in [0.05, 0.1) is 7.11 Å². The number of hydrogen-bond acceptors (Lipinski definition) is 3. The Morgan fingerprint density at radius 1 is 1.47 bits per heavy atom. The summed E-state index contributed by atoms with van der Waals surface area (Å²) < 4.78 is 5.26. The molecule has 0 bridgehead atoms. The van der Waals surface area contributed by atoms with Gasteiger partial charge in [-0.3, -0.25) is 0 Å². The first kappa shape index (κ1) is 12.8. The lowest BCUT2D eigenvalue weighted by Gasteiger charge is -2.30. The molecular weight excluding hydrogens is 230 g/mol. The highest BCUT2D eigenvalue weighted by Crippen LogP contribution is 2.36. The lowest BCUT2D eigenvalue weighted by Crippen LogP contribution is -2.29. The average molecular weight is 251 g/mol. The molecule has 1 aliphatic rings. The fraction of sp³-hybridized carbons (Fsp3) is 0.571. The van der Waals surface area contributed by atoms with E-state index >= 15 is 0 Å². The van der Waals surface area contributed by atoms with Gasteiger partial charge in [-0.05, 0) is 48.3 Å². The van der Waals surface area contributed by atoms with Crippen molar-refractivity contribution >= 4 is 11.8 Å². The van der Waals surface area contributed by atoms with E-state index in [4.69, 9.17) is 10.5 Å². The molecule has 2 unspecified atom stereocenters. The summed E-state index contributed by atoms with van der Waals surface area (Å²) in [5, 5.41) is 0.579. The molecule has 0 aromatic heterocycles. The first-order valence-electron chi connectivity index (χ1n) is 6.30. The van der Waals surface area contributed by atoms with E-state index in [1.54, 1.807) is 7.11 Å². The predicted molar refractivity (Wildman–Crippen MR) is 74.8 cm³/mol. The first-order valence-corrected chi connectivity index (χ1v) is 7.35. The lowest BCUT2D eigenvalue weighted by atomic mass is 9.87. The number of thioether (sulfide) groups is 1. The molecule has 2 N–H and O–H groups in total. The Hall–Kier alpha value is -0.670. The van der Waals surface area contributed by atoms with Crippen molar-refractivity contribution in [2.45, 2.75) is 37.5 Å². The normalized spacial score (nSPS) is 23.2. The highest BCUT2D eigenvalue weighted by Gasteiger charge is 2.26. The zero-order valence-corrected chi connectivity index (χ0v) is 11.4. The number of aryl methyl sites for hydroxylation is 1. The highest BCUT2D eigenvalue weighted by molar-refractivity contribution is 7.99. The third kappa shape index (κ3) is 2.78. The van der Waals surface area contributed by atoms with Crippen molar-refractivity contribution in [3.63, 3.8) is 0 Å². The van der Waals surface area contributed by atoms with E-state index in [1.165, 1.54) is 29.7 Å². The maximum Gasteiger partial charge on any atom is 0.119 e. The summed E-state index contributed by atoms with van der Waals surface area (Å²) in [4.78, 5) is 0. The van der Waals surface area contributed by atoms with Crippen LogP contribution in [0.2, 0.25) is 0 Å². The minimum atomic E-state index is 0.182. The van der Waals surface area contributed by atoms with E-state index in [0.717, 1.165) is 12.2 Å². The molecule has 17 heavy (non-hydrogen) atoms. The number of ether oxygens (including phenoxy) is 1. The van der Waals surface area contributed by atoms with Crippen LogP contribution in [-0.2, 0) is 6.42 Å². The van der Waals surface area contributed by atoms with Crippen LogP contribution >= 0.6 is 11.8 Å². The second-order valence-electron chi connectivity index (χ2n) is 4.54. The van der Waals surface area contributed by atoms with Crippen molar-refractivity contribution in [2.75, 3.05) is 12.9 Å². The van der Waals surface area contributed by atoms with Gasteiger partial charge in [-0.15, -0.1) is 0 Å². The van der Waals surface area contributed by atoms with Crippen LogP contribution in [0.1, 0.15) is 36.9 Å². The second-order valence-corrected chi connectivity index (χ2v) is 5.89. The summed E-state index contributed by atoms with van der Waals surface area (Å²) in [6.07, 6.45) is 3.54. The third-order valence-electron chi connectivity index (χ3n) is 3.34. The monoisotopic (exact) mass is 251 g/mol. The van der Waals surface area contributed by atoms with E-state index in [0.29, 0.717) is 5.25 Å². The fourth-order valence-corrected chi connectivity index (χ4v) is 3.56. The molecule has 1 aromatic rings. The number of fused-ring (bicyclic) bond motifs is 1. The number of rotatable bonds is 4. The van der Waals surface area contributed by atoms with Crippen LogP contribution in [0.3, 0.4) is 0 Å². The molecule has 1 aliphatic carbocycles. The number of benzene rings is 1. The molecule has 2 rings (SSSR count). The molecule has 2 atom stereocenters. The van der Waals surface area contributed by atoms with E-state index < -0.39 is 0 Å². The molecule has 0 radical (unpaired) electrons. The van der Waals surface area contributed by atoms with Crippen molar-refractivity contribution in [1.82, 2.24) is 0 Å². The topological polar surface area (TPSA) is 35.2 Å². The Balaban J connectivity index is 2.15. The maximum absolute atomic E-state index is 6.36. The lowest BCUT2D eigenvalue weighted by molar-refractivity contribution is 0.413. The van der Waals surface area contributed by atoms with Crippen molar-refractivity contribution in [3.05, 3.63) is 29.3 Å². The minimum Gasteiger partial charge on any atom is -0.497 e. The van der Waals surface area contributed by atoms with Gasteiger partial charge in [0.1, 0.15) is 5.75 Å². The van der Waals surface area contributed by atoms with E-state index in [2.05, 4.69) is 19.1 Å². The molecule has 0 amide bonds. The van der Waals surface area contributed by atoms with Gasteiger partial charge in [0.25, 0.3) is 0 Å². The Labute approximate surface area is 108 Å². The molecule has 1 aromatic carbocycles. The predicted octanol–water partition coefficient (Wildman–Crippen LogP) is 3.15. The van der Waals surface area contributed by atoms with E-state index in [1.807, 2.05) is 17.8 Å². The maximum atomic E-state index is 6.36. The molecule has 94 valence electrons. The highest BCUT2D eigenvalue weighted by atomic mass is 32.2.